The molecule has 0 aromatic carbocycles. The quantitative estimate of drug-likeness (QED) is 0.0526. The van der Waals surface area contributed by atoms with Crippen LogP contribution in [0.25, 0.3) is 11.2 Å². The number of thioether (sulfide) groups is 1. The molecule has 0 saturated carbocycles. The first-order chi connectivity index (χ1) is 26.8. The Kier molecular flexibility index (Phi) is 18.4. The molecule has 8 atom stereocenters. The number of hydrogen-bond donors (Lipinski definition) is 9. The molecule has 10 N–H and O–H groups in total. The number of nitrogens with one attached hydrogen (secondary N) is 2. The van der Waals surface area contributed by atoms with E-state index >= 15 is 0 Å². The average Bonchev–Trinajstić information content (AvgIpc) is 3.67. The first-order valence-corrected chi connectivity index (χ1v) is 23.4. The van der Waals surface area contributed by atoms with Gasteiger partial charge >= 0.3 is 23.5 Å². The molecule has 58 heavy (non-hydrogen) atoms. The van der Waals surface area contributed by atoms with Gasteiger partial charge in [-0.1, -0.05) is 59.2 Å². The number of imidazole rings is 1. The van der Waals surface area contributed by atoms with Crippen LogP contribution in [0.3, 0.4) is 0 Å². The van der Waals surface area contributed by atoms with E-state index in [1.165, 1.54) is 13.8 Å². The zero-order chi connectivity index (χ0) is 43.6. The molecule has 0 radical (unpaired) electrons. The van der Waals surface area contributed by atoms with Crippen LogP contribution in [-0.2, 0) is 50.7 Å². The van der Waals surface area contributed by atoms with E-state index in [1.807, 2.05) is 6.92 Å². The number of anilines is 1. The van der Waals surface area contributed by atoms with Crippen LogP contribution in [-0.4, -0.2) is 123 Å². The van der Waals surface area contributed by atoms with Crippen molar-refractivity contribution >= 4 is 69.1 Å². The van der Waals surface area contributed by atoms with Crippen molar-refractivity contribution < 1.29 is 80.5 Å². The third-order valence-electron chi connectivity index (χ3n) is 8.57. The third kappa shape index (κ3) is 15.5. The van der Waals surface area contributed by atoms with Gasteiger partial charge in [0.1, 0.15) is 36.3 Å². The number of aliphatic hydroxyl groups excluding tert-OH is 2. The number of ether oxygens (including phenoxy) is 1. The normalized spacial score (nSPS) is 22.0. The first kappa shape index (κ1) is 49.9. The molecule has 2 aromatic rings. The number of aromatic nitrogens is 4. The van der Waals surface area contributed by atoms with E-state index in [4.69, 9.17) is 19.5 Å². The van der Waals surface area contributed by atoms with Crippen molar-refractivity contribution in [3.63, 3.8) is 0 Å². The van der Waals surface area contributed by atoms with Crippen LogP contribution in [0.5, 0.6) is 0 Å². The second-order valence-electron chi connectivity index (χ2n) is 14.5. The molecule has 2 amide bonds. The lowest BCUT2D eigenvalue weighted by Gasteiger charge is -2.30. The Morgan fingerprint density at radius 3 is 2.34 bits per heavy atom. The summed E-state index contributed by atoms with van der Waals surface area (Å²) in [5.41, 5.74) is 4.27. The topological polar surface area (TPSA) is 364 Å². The van der Waals surface area contributed by atoms with E-state index < -0.39 is 84.6 Å². The van der Waals surface area contributed by atoms with Gasteiger partial charge in [-0.3, -0.25) is 32.5 Å². The minimum absolute atomic E-state index is 0.0319. The van der Waals surface area contributed by atoms with Crippen LogP contribution >= 0.6 is 35.2 Å². The van der Waals surface area contributed by atoms with E-state index in [0.717, 1.165) is 48.2 Å². The smallest absolute Gasteiger partial charge is 0.386 e. The fraction of sp³-hybridized carbons (Fsp3) is 0.733. The number of nitrogens with zero attached hydrogens (tertiary/aromatic N) is 4. The van der Waals surface area contributed by atoms with Crippen molar-refractivity contribution in [3.05, 3.63) is 12.7 Å². The van der Waals surface area contributed by atoms with Gasteiger partial charge in [-0.05, 0) is 12.3 Å². The predicted octanol–water partition coefficient (Wildman–Crippen LogP) is 1.13. The Labute approximate surface area is 337 Å². The molecule has 28 heteroatoms. The molecule has 330 valence electrons. The number of nitrogens with two attached hydrogens (primary N) is 1. The van der Waals surface area contributed by atoms with Crippen LogP contribution in [0.1, 0.15) is 66.5 Å². The third-order valence-corrected chi connectivity index (χ3v) is 12.8. The summed E-state index contributed by atoms with van der Waals surface area (Å²) in [4.78, 5) is 88.1. The highest BCUT2D eigenvalue weighted by atomic mass is 32.2. The zero-order valence-corrected chi connectivity index (χ0v) is 35.8. The molecule has 1 aliphatic heterocycles. The highest BCUT2D eigenvalue weighted by Crippen LogP contribution is 2.61. The predicted molar refractivity (Wildman–Crippen MR) is 205 cm³/mol. The molecule has 8 unspecified atom stereocenters. The molecular formula is C30H52N7O17P3S. The van der Waals surface area contributed by atoms with Gasteiger partial charge in [0.05, 0.1) is 19.5 Å². The second-order valence-corrected chi connectivity index (χ2v) is 19.8. The molecule has 1 saturated heterocycles. The molecule has 1 aliphatic rings. The Bertz CT molecular complexity index is 1870. The summed E-state index contributed by atoms with van der Waals surface area (Å²) >= 11 is 1.14. The van der Waals surface area contributed by atoms with Crippen LogP contribution in [0.15, 0.2) is 12.7 Å². The van der Waals surface area contributed by atoms with Crippen molar-refractivity contribution in [2.75, 3.05) is 37.8 Å². The molecule has 2 aromatic heterocycles. The Morgan fingerprint density at radius 1 is 1.02 bits per heavy atom. The number of rotatable bonds is 24. The van der Waals surface area contributed by atoms with Crippen molar-refractivity contribution in [2.45, 2.75) is 90.9 Å². The summed E-state index contributed by atoms with van der Waals surface area (Å²) in [5.74, 6) is -0.572. The number of amides is 2. The van der Waals surface area contributed by atoms with Gasteiger partial charge in [-0.15, -0.1) is 0 Å². The van der Waals surface area contributed by atoms with Crippen molar-refractivity contribution in [1.29, 1.82) is 0 Å². The number of nitrogen functional groups attached to an aromatic ring is 1. The van der Waals surface area contributed by atoms with Crippen LogP contribution in [0.4, 0.5) is 5.82 Å². The number of phosphoric acid groups is 3. The lowest BCUT2D eigenvalue weighted by atomic mass is 9.87. The SMILES string of the molecule is CC(C)CCCC(C)C(=O)SCCNC(=O)CCNC(=O)C(O)C(C)(C)COP(=O)(O)OP(=O)(O)OCC1OC(n2cnc3c(N)ncnc32)C(O)C1OP(=O)(O)O. The number of fused-ring (bicyclic) bond motifs is 1. The van der Waals surface area contributed by atoms with Crippen LogP contribution in [0.2, 0.25) is 0 Å². The maximum atomic E-state index is 12.7. The van der Waals surface area contributed by atoms with Gasteiger partial charge in [-0.25, -0.2) is 28.6 Å². The molecule has 3 heterocycles. The Balaban J connectivity index is 1.46. The zero-order valence-electron chi connectivity index (χ0n) is 32.4. The van der Waals surface area contributed by atoms with E-state index in [-0.39, 0.29) is 47.5 Å². The van der Waals surface area contributed by atoms with Crippen LogP contribution < -0.4 is 16.4 Å². The molecule has 3 rings (SSSR count). The molecule has 1 fully saturated rings. The maximum Gasteiger partial charge on any atom is 0.481 e. The maximum absolute atomic E-state index is 12.7. The standard InChI is InChI=1S/C30H52N7O17P3S/c1-17(2)7-6-8-18(3)29(42)58-12-11-32-20(38)9-10-33-27(41)24(40)30(4,5)14-51-57(48,49)54-56(46,47)50-13-19-23(53-55(43,44)45)22(39)28(52-19)37-16-36-21-25(31)34-15-35-26(21)37/h15-19,22-24,28,39-40H,6-14H2,1-5H3,(H,32,38)(H,33,41)(H,46,47)(H,48,49)(H2,31,34,35)(H2,43,44,45). The van der Waals surface area contributed by atoms with Crippen molar-refractivity contribution in [1.82, 2.24) is 30.2 Å². The van der Waals surface area contributed by atoms with Gasteiger partial charge in [0, 0.05) is 36.6 Å². The van der Waals surface area contributed by atoms with E-state index in [0.29, 0.717) is 11.7 Å². The Morgan fingerprint density at radius 2 is 1.69 bits per heavy atom. The highest BCUT2D eigenvalue weighted by Gasteiger charge is 2.50. The van der Waals surface area contributed by atoms with Gasteiger partial charge < -0.3 is 50.9 Å². The largest absolute Gasteiger partial charge is 0.481 e. The summed E-state index contributed by atoms with van der Waals surface area (Å²) < 4.78 is 62.2. The highest BCUT2D eigenvalue weighted by molar-refractivity contribution is 8.13. The minimum atomic E-state index is -5.57. The van der Waals surface area contributed by atoms with Gasteiger partial charge in [0.25, 0.3) is 0 Å². The lowest BCUT2D eigenvalue weighted by Crippen LogP contribution is -2.46. The summed E-state index contributed by atoms with van der Waals surface area (Å²) in [6.07, 6.45) is -4.08. The average molecular weight is 908 g/mol. The summed E-state index contributed by atoms with van der Waals surface area (Å²) in [5, 5.41) is 26.5. The van der Waals surface area contributed by atoms with Crippen LogP contribution in [0, 0.1) is 17.3 Å². The van der Waals surface area contributed by atoms with E-state index in [9.17, 15) is 57.9 Å². The fourth-order valence-corrected chi connectivity index (χ4v) is 9.01. The van der Waals surface area contributed by atoms with Gasteiger partial charge in [0.2, 0.25) is 11.8 Å². The second kappa shape index (κ2) is 21.4. The van der Waals surface area contributed by atoms with Gasteiger partial charge in [0.15, 0.2) is 22.8 Å². The minimum Gasteiger partial charge on any atom is -0.386 e. The first-order valence-electron chi connectivity index (χ1n) is 17.9. The molecular weight excluding hydrogens is 855 g/mol. The summed E-state index contributed by atoms with van der Waals surface area (Å²) in [6.45, 7) is 6.67. The number of phosphoric ester groups is 3. The fourth-order valence-electron chi connectivity index (χ4n) is 5.37. The Hall–Kier alpha value is -2.44. The van der Waals surface area contributed by atoms with E-state index in [2.05, 4.69) is 48.3 Å². The number of hydrogen-bond acceptors (Lipinski definition) is 18. The number of carbonyl (C=O) groups excluding carboxylic acids is 3. The van der Waals surface area contributed by atoms with Crippen molar-refractivity contribution in [2.24, 2.45) is 17.3 Å². The molecule has 24 nitrogen and oxygen atoms in total. The molecule has 0 spiro atoms. The summed E-state index contributed by atoms with van der Waals surface area (Å²) in [7, 11) is -16.4. The van der Waals surface area contributed by atoms with E-state index in [1.54, 1.807) is 0 Å². The molecule has 0 aliphatic carbocycles. The number of aliphatic hydroxyl groups is 2. The van der Waals surface area contributed by atoms with Crippen molar-refractivity contribution in [3.8, 4) is 0 Å². The molecule has 0 bridgehead atoms. The lowest BCUT2D eigenvalue weighted by molar-refractivity contribution is -0.137. The summed E-state index contributed by atoms with van der Waals surface area (Å²) in [6, 6.07) is 0. The number of carbonyl (C=O) groups is 3. The van der Waals surface area contributed by atoms with Gasteiger partial charge in [-0.2, -0.15) is 4.31 Å². The monoisotopic (exact) mass is 907 g/mol.